The molecule has 2 aliphatic carbocycles. The molecule has 1 saturated heterocycles. The van der Waals surface area contributed by atoms with E-state index in [-0.39, 0.29) is 42.2 Å². The van der Waals surface area contributed by atoms with Gasteiger partial charge in [-0.3, -0.25) is 14.6 Å². The van der Waals surface area contributed by atoms with Gasteiger partial charge in [0.15, 0.2) is 0 Å². The number of nitrogens with zero attached hydrogens (tertiary/aromatic N) is 4. The average molecular weight is 758 g/mol. The zero-order valence-corrected chi connectivity index (χ0v) is 32.0. The minimum atomic E-state index is -0.682. The number of aliphatic imine (C=N–C) groups is 1. The largest absolute Gasteiger partial charge is 0.453 e. The maximum Gasteiger partial charge on any atom is 0.407 e. The van der Waals surface area contributed by atoms with E-state index in [0.29, 0.717) is 23.9 Å². The summed E-state index contributed by atoms with van der Waals surface area (Å²) >= 11 is 0. The molecule has 6 atom stereocenters. The van der Waals surface area contributed by atoms with E-state index in [1.807, 2.05) is 31.1 Å². The summed E-state index contributed by atoms with van der Waals surface area (Å²) in [5, 5.41) is 5.70. The fourth-order valence-electron chi connectivity index (χ4n) is 9.39. The number of pyridine rings is 1. The molecule has 4 heterocycles. The Bertz CT molecular complexity index is 2160. The summed E-state index contributed by atoms with van der Waals surface area (Å²) in [5.41, 5.74) is 7.80. The molecule has 3 amide bonds. The van der Waals surface area contributed by atoms with E-state index in [9.17, 15) is 18.8 Å². The van der Waals surface area contributed by atoms with Gasteiger partial charge in [-0.2, -0.15) is 4.39 Å². The zero-order valence-electron chi connectivity index (χ0n) is 32.0. The van der Waals surface area contributed by atoms with Crippen LogP contribution in [0.1, 0.15) is 75.4 Å². The van der Waals surface area contributed by atoms with Gasteiger partial charge < -0.3 is 25.3 Å². The predicted molar refractivity (Wildman–Crippen MR) is 211 cm³/mol. The van der Waals surface area contributed by atoms with Crippen LogP contribution in [-0.2, 0) is 20.9 Å². The Labute approximate surface area is 326 Å². The van der Waals surface area contributed by atoms with Gasteiger partial charge >= 0.3 is 6.09 Å². The lowest BCUT2D eigenvalue weighted by Crippen LogP contribution is -2.51. The lowest BCUT2D eigenvalue weighted by Gasteiger charge is -2.30. The van der Waals surface area contributed by atoms with Crippen molar-refractivity contribution >= 4 is 29.2 Å². The number of fused-ring (bicyclic) bond motifs is 2. The highest BCUT2D eigenvalue weighted by molar-refractivity contribution is 6.02. The molecule has 11 nitrogen and oxygen atoms in total. The van der Waals surface area contributed by atoms with E-state index in [2.05, 4.69) is 74.1 Å². The van der Waals surface area contributed by atoms with Crippen LogP contribution >= 0.6 is 0 Å². The Hall–Kier alpha value is -5.65. The standard InChI is InChI=1S/C44H48FN7O4/c1-25(2)39(51-44(55)56-3)43(54)52-19-5-7-36(52)41-48-24-35(50-41)29-14-12-27(13-15-29)26-8-10-28(11-9-26)33-21-34(47-23-33)37-30-16-17-31(20-30)38(37)42(53)49-22-32-6-4-18-46-40(32)45/h4,6,8-15,18,23-25,30-31,36-39H,5,7,16-17,19-22H2,1-3H3,(H,48,50)(H,49,53)(H,51,55)/t30?,31?,36-,37?,38+,39-/m0/s1. The Morgan fingerprint density at radius 3 is 2.38 bits per heavy atom. The van der Waals surface area contributed by atoms with Crippen LogP contribution in [-0.4, -0.2) is 63.2 Å². The first-order valence-corrected chi connectivity index (χ1v) is 19.7. The Morgan fingerprint density at radius 2 is 1.66 bits per heavy atom. The first kappa shape index (κ1) is 37.3. The van der Waals surface area contributed by atoms with Crippen LogP contribution in [0.5, 0.6) is 0 Å². The van der Waals surface area contributed by atoms with Gasteiger partial charge in [-0.15, -0.1) is 0 Å². The number of nitrogens with one attached hydrogen (secondary N) is 3. The number of benzene rings is 2. The molecule has 2 bridgehead atoms. The van der Waals surface area contributed by atoms with Crippen LogP contribution in [0.2, 0.25) is 0 Å². The lowest BCUT2D eigenvalue weighted by molar-refractivity contribution is -0.135. The number of allylic oxidation sites excluding steroid dienone is 1. The van der Waals surface area contributed by atoms with E-state index in [0.717, 1.165) is 83.6 Å². The van der Waals surface area contributed by atoms with Gasteiger partial charge in [0.25, 0.3) is 0 Å². The van der Waals surface area contributed by atoms with Gasteiger partial charge in [0.2, 0.25) is 17.8 Å². The number of hydrogen-bond acceptors (Lipinski definition) is 7. The number of hydrogen-bond donors (Lipinski definition) is 3. The first-order chi connectivity index (χ1) is 27.2. The number of halogens is 1. The van der Waals surface area contributed by atoms with Gasteiger partial charge in [0, 0.05) is 55.0 Å². The molecule has 2 saturated carbocycles. The van der Waals surface area contributed by atoms with E-state index < -0.39 is 18.1 Å². The molecule has 0 radical (unpaired) electrons. The maximum atomic E-state index is 14.1. The summed E-state index contributed by atoms with van der Waals surface area (Å²) < 4.78 is 18.9. The van der Waals surface area contributed by atoms with Crippen LogP contribution in [0.25, 0.3) is 28.0 Å². The highest BCUT2D eigenvalue weighted by Gasteiger charge is 2.52. The number of ether oxygens (including phenoxy) is 1. The van der Waals surface area contributed by atoms with Gasteiger partial charge in [-0.25, -0.2) is 14.8 Å². The number of likely N-dealkylation sites (tertiary alicyclic amines) is 1. The molecule has 2 aliphatic heterocycles. The quantitative estimate of drug-likeness (QED) is 0.136. The second-order valence-corrected chi connectivity index (χ2v) is 15.9. The molecule has 4 aromatic rings. The molecule has 12 heteroatoms. The smallest absolute Gasteiger partial charge is 0.407 e. The molecule has 0 spiro atoms. The van der Waals surface area contributed by atoms with Crippen LogP contribution < -0.4 is 10.6 Å². The topological polar surface area (TPSA) is 142 Å². The van der Waals surface area contributed by atoms with Gasteiger partial charge in [0.05, 0.1) is 25.0 Å². The van der Waals surface area contributed by atoms with Crippen LogP contribution in [0.4, 0.5) is 9.18 Å². The minimum Gasteiger partial charge on any atom is -0.453 e. The van der Waals surface area contributed by atoms with E-state index in [1.54, 1.807) is 12.1 Å². The van der Waals surface area contributed by atoms with Crippen molar-refractivity contribution in [3.05, 3.63) is 102 Å². The number of imidazole rings is 1. The van der Waals surface area contributed by atoms with Crippen molar-refractivity contribution < 1.29 is 23.5 Å². The van der Waals surface area contributed by atoms with Crippen molar-refractivity contribution in [1.82, 2.24) is 30.5 Å². The van der Waals surface area contributed by atoms with Crippen LogP contribution in [0.3, 0.4) is 0 Å². The molecule has 8 rings (SSSR count). The number of carbonyl (C=O) groups is 3. The minimum absolute atomic E-state index is 0.0106. The van der Waals surface area contributed by atoms with Crippen LogP contribution in [0, 0.1) is 35.5 Å². The van der Waals surface area contributed by atoms with Crippen molar-refractivity contribution in [2.45, 2.75) is 71.0 Å². The predicted octanol–water partition coefficient (Wildman–Crippen LogP) is 7.49. The monoisotopic (exact) mass is 757 g/mol. The van der Waals surface area contributed by atoms with Gasteiger partial charge in [0.1, 0.15) is 11.9 Å². The third-order valence-electron chi connectivity index (χ3n) is 12.3. The molecule has 3 unspecified atom stereocenters. The maximum absolute atomic E-state index is 14.1. The summed E-state index contributed by atoms with van der Waals surface area (Å²) in [6, 6.07) is 19.3. The third-order valence-corrected chi connectivity index (χ3v) is 12.3. The summed E-state index contributed by atoms with van der Waals surface area (Å²) in [5.74, 6) is 0.704. The fraction of sp³-hybridized carbons (Fsp3) is 0.409. The molecule has 3 fully saturated rings. The van der Waals surface area contributed by atoms with E-state index in [1.165, 1.54) is 13.3 Å². The fourth-order valence-corrected chi connectivity index (χ4v) is 9.39. The SMILES string of the molecule is COC(=O)N[C@H](C(=O)N1CCC[C@H]1c1ncc(-c2ccc(-c3ccc(C4=CN=C(C5C6CCC(C6)[C@H]5C(=O)NCc5cccnc5F)C4)cc3)cc2)[nH]1)C(C)C. The van der Waals surface area contributed by atoms with Gasteiger partial charge in [-0.1, -0.05) is 68.4 Å². The number of H-pyrrole nitrogens is 1. The lowest BCUT2D eigenvalue weighted by atomic mass is 9.75. The number of amides is 3. The number of alkyl carbamates (subject to hydrolysis) is 1. The van der Waals surface area contributed by atoms with Crippen molar-refractivity contribution in [2.75, 3.05) is 13.7 Å². The summed E-state index contributed by atoms with van der Waals surface area (Å²) in [6.07, 6.45) is 10.2. The molecule has 290 valence electrons. The average Bonchev–Trinajstić information content (AvgIpc) is 4.08. The van der Waals surface area contributed by atoms with Crippen molar-refractivity contribution in [2.24, 2.45) is 34.6 Å². The molecule has 4 aliphatic rings. The first-order valence-electron chi connectivity index (χ1n) is 19.7. The van der Waals surface area contributed by atoms with Crippen molar-refractivity contribution in [3.8, 4) is 22.4 Å². The van der Waals surface area contributed by atoms with E-state index in [4.69, 9.17) is 9.73 Å². The Balaban J connectivity index is 0.888. The molecule has 2 aromatic carbocycles. The number of aromatic nitrogens is 3. The highest BCUT2D eigenvalue weighted by atomic mass is 19.1. The third kappa shape index (κ3) is 7.36. The second-order valence-electron chi connectivity index (χ2n) is 15.9. The molecule has 56 heavy (non-hydrogen) atoms. The number of aromatic amines is 1. The zero-order chi connectivity index (χ0) is 38.9. The van der Waals surface area contributed by atoms with E-state index >= 15 is 0 Å². The number of methoxy groups -OCH3 is 1. The normalized spacial score (nSPS) is 23.2. The van der Waals surface area contributed by atoms with Gasteiger partial charge in [-0.05, 0) is 83.8 Å². The Morgan fingerprint density at radius 1 is 0.946 bits per heavy atom. The summed E-state index contributed by atoms with van der Waals surface area (Å²) in [6.45, 7) is 4.54. The second kappa shape index (κ2) is 15.8. The summed E-state index contributed by atoms with van der Waals surface area (Å²) in [4.78, 5) is 57.6. The van der Waals surface area contributed by atoms with Crippen molar-refractivity contribution in [1.29, 1.82) is 0 Å². The molecule has 2 aromatic heterocycles. The molecule has 3 N–H and O–H groups in total. The van der Waals surface area contributed by atoms with Crippen LogP contribution in [0.15, 0.2) is 84.2 Å². The van der Waals surface area contributed by atoms with Crippen molar-refractivity contribution in [3.63, 3.8) is 0 Å². The molecular weight excluding hydrogens is 710 g/mol. The highest BCUT2D eigenvalue weighted by Crippen LogP contribution is 2.54. The Kier molecular flexibility index (Phi) is 10.5. The summed E-state index contributed by atoms with van der Waals surface area (Å²) in [7, 11) is 1.29. The molecular formula is C44H48FN7O4. The number of carbonyl (C=O) groups excluding carboxylic acids is 3. The number of rotatable bonds is 11.